The van der Waals surface area contributed by atoms with Gasteiger partial charge in [-0.05, 0) is 6.42 Å². The fraction of sp³-hybridized carbons (Fsp3) is 0.833. The molecule has 0 aliphatic carbocycles. The molecule has 9 heavy (non-hydrogen) atoms. The molecule has 48 valence electrons. The van der Waals surface area contributed by atoms with Gasteiger partial charge in [-0.3, -0.25) is 0 Å². The Morgan fingerprint density at radius 3 is 2.22 bits per heavy atom. The summed E-state index contributed by atoms with van der Waals surface area (Å²) in [5, 5.41) is 0. The molecule has 0 aromatic rings. The van der Waals surface area contributed by atoms with Crippen LogP contribution in [0.15, 0.2) is 0 Å². The molecule has 0 radical (unpaired) electrons. The van der Waals surface area contributed by atoms with Crippen LogP contribution >= 0.6 is 0 Å². The van der Waals surface area contributed by atoms with Crippen LogP contribution in [-0.2, 0) is 9.47 Å². The van der Waals surface area contributed by atoms with Crippen molar-refractivity contribution in [2.75, 3.05) is 13.2 Å². The molecule has 1 fully saturated rings. The van der Waals surface area contributed by atoms with Crippen LogP contribution in [0.4, 0.5) is 0 Å². The molecule has 0 aromatic heterocycles. The molecule has 0 saturated carbocycles. The predicted molar refractivity (Wildman–Crippen MR) is 30.3 cm³/mol. The van der Waals surface area contributed by atoms with Crippen molar-refractivity contribution < 1.29 is 28.3 Å². The second-order valence-electron chi connectivity index (χ2n) is 1.81. The summed E-state index contributed by atoms with van der Waals surface area (Å²) in [6.07, 6.45) is 1.72. The Kier molecular flexibility index (Phi) is 5.62. The molecule has 1 aliphatic heterocycles. The molecular weight excluding hydrogens is 111 g/mol. The Balaban J connectivity index is 0.000000640. The zero-order valence-electron chi connectivity index (χ0n) is 5.93. The minimum atomic E-state index is -0.0243. The van der Waals surface area contributed by atoms with Gasteiger partial charge in [0.25, 0.3) is 0 Å². The van der Waals surface area contributed by atoms with Crippen LogP contribution in [0.25, 0.3) is 0 Å². The number of hydrogen-bond donors (Lipinski definition) is 0. The zero-order chi connectivity index (χ0) is 5.82. The van der Waals surface area contributed by atoms with Crippen LogP contribution in [-0.4, -0.2) is 19.5 Å². The normalized spacial score (nSPS) is 21.0. The van der Waals surface area contributed by atoms with Gasteiger partial charge in [-0.15, -0.1) is 6.42 Å². The fourth-order valence-electron chi connectivity index (χ4n) is 0.703. The minimum Gasteiger partial charge on any atom is -0.355 e. The molecule has 0 unspecified atom stereocenters. The molecular formula is C6H11LiO2. The van der Waals surface area contributed by atoms with Crippen molar-refractivity contribution in [2.45, 2.75) is 19.1 Å². The summed E-state index contributed by atoms with van der Waals surface area (Å²) >= 11 is 0. The van der Waals surface area contributed by atoms with Crippen molar-refractivity contribution in [3.63, 3.8) is 0 Å². The van der Waals surface area contributed by atoms with Gasteiger partial charge < -0.3 is 16.4 Å². The van der Waals surface area contributed by atoms with E-state index in [0.29, 0.717) is 0 Å². The summed E-state index contributed by atoms with van der Waals surface area (Å²) in [5.41, 5.74) is 0. The molecule has 0 aromatic carbocycles. The third kappa shape index (κ3) is 3.27. The van der Waals surface area contributed by atoms with Crippen LogP contribution in [0, 0.1) is 6.92 Å². The van der Waals surface area contributed by atoms with Crippen molar-refractivity contribution in [2.24, 2.45) is 0 Å². The van der Waals surface area contributed by atoms with Crippen molar-refractivity contribution in [3.05, 3.63) is 6.92 Å². The summed E-state index contributed by atoms with van der Waals surface area (Å²) in [6, 6.07) is 0. The molecule has 0 atom stereocenters. The summed E-state index contributed by atoms with van der Waals surface area (Å²) in [4.78, 5) is 0. The summed E-state index contributed by atoms with van der Waals surface area (Å²) in [6.45, 7) is 5.33. The van der Waals surface area contributed by atoms with E-state index >= 15 is 0 Å². The predicted octanol–water partition coefficient (Wildman–Crippen LogP) is -2.02. The van der Waals surface area contributed by atoms with Crippen LogP contribution in [0.2, 0.25) is 0 Å². The summed E-state index contributed by atoms with van der Waals surface area (Å²) < 4.78 is 10.3. The van der Waals surface area contributed by atoms with Crippen molar-refractivity contribution in [3.8, 4) is 0 Å². The van der Waals surface area contributed by atoms with E-state index in [9.17, 15) is 0 Å². The van der Waals surface area contributed by atoms with Gasteiger partial charge in [-0.25, -0.2) is 0 Å². The standard InChI is InChI=1S/C6H11O2.Li/c1-2-6-7-4-3-5-8-6;/h6H,1-5H2;/q-1;+1. The number of hydrogen-bond acceptors (Lipinski definition) is 2. The van der Waals surface area contributed by atoms with Gasteiger partial charge in [0.15, 0.2) is 0 Å². The topological polar surface area (TPSA) is 18.5 Å². The molecule has 0 spiro atoms. The van der Waals surface area contributed by atoms with Crippen LogP contribution < -0.4 is 18.9 Å². The quantitative estimate of drug-likeness (QED) is 0.295. The summed E-state index contributed by atoms with van der Waals surface area (Å²) in [7, 11) is 0. The second kappa shape index (κ2) is 5.31. The van der Waals surface area contributed by atoms with E-state index in [1.54, 1.807) is 0 Å². The minimum absolute atomic E-state index is 0. The van der Waals surface area contributed by atoms with Gasteiger partial charge in [0.1, 0.15) is 6.29 Å². The zero-order valence-corrected chi connectivity index (χ0v) is 5.93. The largest absolute Gasteiger partial charge is 1.00 e. The molecule has 1 rings (SSSR count). The third-order valence-corrected chi connectivity index (χ3v) is 1.13. The molecule has 1 heterocycles. The molecule has 0 amide bonds. The van der Waals surface area contributed by atoms with E-state index in [2.05, 4.69) is 6.92 Å². The average molecular weight is 122 g/mol. The molecule has 0 N–H and O–H groups in total. The van der Waals surface area contributed by atoms with E-state index in [0.717, 1.165) is 26.1 Å². The SMILES string of the molecule is [CH2-]CC1OCCCO1.[Li+]. The monoisotopic (exact) mass is 122 g/mol. The van der Waals surface area contributed by atoms with Gasteiger partial charge >= 0.3 is 18.9 Å². The molecule has 1 saturated heterocycles. The maximum atomic E-state index is 5.14. The number of rotatable bonds is 1. The van der Waals surface area contributed by atoms with Crippen LogP contribution in [0.3, 0.4) is 0 Å². The first-order chi connectivity index (χ1) is 3.93. The van der Waals surface area contributed by atoms with E-state index in [4.69, 9.17) is 9.47 Å². The smallest absolute Gasteiger partial charge is 0.355 e. The van der Waals surface area contributed by atoms with Gasteiger partial charge in [0, 0.05) is 0 Å². The van der Waals surface area contributed by atoms with Gasteiger partial charge in [0.2, 0.25) is 0 Å². The van der Waals surface area contributed by atoms with E-state index < -0.39 is 0 Å². The Bertz CT molecular complexity index is 62.1. The Hall–Kier alpha value is 0.517. The Morgan fingerprint density at radius 1 is 1.33 bits per heavy atom. The van der Waals surface area contributed by atoms with Crippen LogP contribution in [0.1, 0.15) is 12.8 Å². The first-order valence-corrected chi connectivity index (χ1v) is 2.96. The van der Waals surface area contributed by atoms with E-state index in [-0.39, 0.29) is 25.2 Å². The average Bonchev–Trinajstić information content (AvgIpc) is 1.90. The van der Waals surface area contributed by atoms with Gasteiger partial charge in [0.05, 0.1) is 13.2 Å². The van der Waals surface area contributed by atoms with Gasteiger partial charge in [-0.1, -0.05) is 0 Å². The van der Waals surface area contributed by atoms with Crippen LogP contribution in [0.5, 0.6) is 0 Å². The molecule has 1 aliphatic rings. The first-order valence-electron chi connectivity index (χ1n) is 2.96. The molecule has 0 bridgehead atoms. The summed E-state index contributed by atoms with van der Waals surface area (Å²) in [5.74, 6) is 0. The maximum Gasteiger partial charge on any atom is 1.00 e. The van der Waals surface area contributed by atoms with Crippen molar-refractivity contribution in [1.82, 2.24) is 0 Å². The number of ether oxygens (including phenoxy) is 2. The second-order valence-corrected chi connectivity index (χ2v) is 1.81. The molecule has 3 heteroatoms. The Labute approximate surface area is 68.1 Å². The first kappa shape index (κ1) is 9.52. The maximum absolute atomic E-state index is 5.14. The fourth-order valence-corrected chi connectivity index (χ4v) is 0.703. The van der Waals surface area contributed by atoms with Crippen molar-refractivity contribution >= 4 is 0 Å². The van der Waals surface area contributed by atoms with Gasteiger partial charge in [-0.2, -0.15) is 0 Å². The van der Waals surface area contributed by atoms with E-state index in [1.165, 1.54) is 0 Å². The van der Waals surface area contributed by atoms with E-state index in [1.807, 2.05) is 0 Å². The third-order valence-electron chi connectivity index (χ3n) is 1.13. The van der Waals surface area contributed by atoms with Crippen molar-refractivity contribution in [1.29, 1.82) is 0 Å². The molecule has 2 nitrogen and oxygen atoms in total. The Morgan fingerprint density at radius 2 is 1.89 bits per heavy atom.